The van der Waals surface area contributed by atoms with Crippen molar-refractivity contribution in [3.63, 3.8) is 0 Å². The van der Waals surface area contributed by atoms with Crippen molar-refractivity contribution < 1.29 is 27.3 Å². The molecule has 0 fully saturated rings. The second-order valence-electron chi connectivity index (χ2n) is 26.5. The third-order valence-electron chi connectivity index (χ3n) is 20.7. The summed E-state index contributed by atoms with van der Waals surface area (Å²) in [6.07, 6.45) is 0. The molecule has 0 saturated carbocycles. The molecular formula is C96H57BIO6. The zero-order chi connectivity index (χ0) is 68.9. The van der Waals surface area contributed by atoms with E-state index in [1.54, 1.807) is 0 Å². The Morgan fingerprint density at radius 3 is 0.894 bits per heavy atom. The first-order valence-corrected chi connectivity index (χ1v) is 35.9. The molecule has 0 amide bonds. The van der Waals surface area contributed by atoms with Gasteiger partial charge in [0.05, 0.1) is 9.13 Å². The highest BCUT2D eigenvalue weighted by atomic mass is 127. The molecule has 22 aromatic rings. The molecule has 0 spiro atoms. The predicted molar refractivity (Wildman–Crippen MR) is 442 cm³/mol. The molecule has 487 valence electrons. The van der Waals surface area contributed by atoms with Crippen LogP contribution >= 0.6 is 22.6 Å². The standard InChI is InChI=1S/C48H28O2.C30H20BO2.C18H9IO2/c1-2-13-30-26-32(25-24-29(30)12-1)31-14-11-15-33(27-31)44-36-18-3-5-20-38(36)45(39-21-6-4-19-37(39)44)46-47-40(34-16-7-9-22-42(34)49-47)28-41-35-17-8-10-23-43(35)50-48(41)46;32-31-33-30-27-14-5-3-12-25(27)29(26-13-4-6-15-28(26)30)24-11-7-10-22(19-24)23-17-16-20-8-1-2-9-21(20)18-23;19-16-17-12(10-5-1-3-7-14(10)20-17)9-13-11-6-2-4-8-15(11)21-18(13)16/h1-28H;1-19,32H;1-9H. The summed E-state index contributed by atoms with van der Waals surface area (Å²) in [6, 6.07) is 119. The smallest absolute Gasteiger partial charge is 0.537 e. The second-order valence-corrected chi connectivity index (χ2v) is 27.6. The van der Waals surface area contributed by atoms with Crippen molar-refractivity contribution in [3.05, 3.63) is 343 Å². The van der Waals surface area contributed by atoms with Gasteiger partial charge in [-0.25, -0.2) is 0 Å². The lowest BCUT2D eigenvalue weighted by Crippen LogP contribution is -2.02. The molecule has 18 aromatic carbocycles. The van der Waals surface area contributed by atoms with E-state index in [-0.39, 0.29) is 0 Å². The number of rotatable bonds is 7. The van der Waals surface area contributed by atoms with Gasteiger partial charge in [0.25, 0.3) is 0 Å². The van der Waals surface area contributed by atoms with Gasteiger partial charge in [-0.05, 0) is 182 Å². The van der Waals surface area contributed by atoms with E-state index in [4.69, 9.17) is 22.3 Å². The number of benzene rings is 18. The largest absolute Gasteiger partial charge is 0.569 e. The summed E-state index contributed by atoms with van der Waals surface area (Å²) < 4.78 is 32.2. The molecule has 0 aliphatic carbocycles. The Bertz CT molecular complexity index is 6950. The van der Waals surface area contributed by atoms with Crippen LogP contribution in [0.25, 0.3) is 208 Å². The molecule has 0 saturated heterocycles. The Labute approximate surface area is 610 Å². The normalized spacial score (nSPS) is 11.8. The number of hydrogen-bond donors (Lipinski definition) is 1. The van der Waals surface area contributed by atoms with Gasteiger partial charge < -0.3 is 27.3 Å². The Balaban J connectivity index is 0.000000114. The van der Waals surface area contributed by atoms with Crippen molar-refractivity contribution in [1.82, 2.24) is 0 Å². The van der Waals surface area contributed by atoms with E-state index < -0.39 is 0 Å². The molecule has 1 radical (unpaired) electrons. The molecule has 22 rings (SSSR count). The molecule has 6 nitrogen and oxygen atoms in total. The third kappa shape index (κ3) is 10.1. The van der Waals surface area contributed by atoms with Crippen molar-refractivity contribution >= 4 is 183 Å². The summed E-state index contributed by atoms with van der Waals surface area (Å²) in [5.41, 5.74) is 18.7. The van der Waals surface area contributed by atoms with E-state index >= 15 is 0 Å². The van der Waals surface area contributed by atoms with Crippen LogP contribution in [0, 0.1) is 3.57 Å². The van der Waals surface area contributed by atoms with E-state index in [2.05, 4.69) is 277 Å². The summed E-state index contributed by atoms with van der Waals surface area (Å²) in [5, 5.41) is 32.2. The van der Waals surface area contributed by atoms with Gasteiger partial charge >= 0.3 is 7.69 Å². The van der Waals surface area contributed by atoms with Crippen LogP contribution in [0.4, 0.5) is 0 Å². The van der Waals surface area contributed by atoms with Crippen molar-refractivity contribution in [2.45, 2.75) is 0 Å². The average molecular weight is 1440 g/mol. The van der Waals surface area contributed by atoms with Crippen LogP contribution in [0.5, 0.6) is 5.75 Å². The maximum Gasteiger partial charge on any atom is 0.569 e. The predicted octanol–water partition coefficient (Wildman–Crippen LogP) is 27.4. The number of para-hydroxylation sites is 4. The van der Waals surface area contributed by atoms with Gasteiger partial charge in [0, 0.05) is 59.4 Å². The topological polar surface area (TPSA) is 82.0 Å². The fourth-order valence-electron chi connectivity index (χ4n) is 16.0. The van der Waals surface area contributed by atoms with Gasteiger partial charge in [0.2, 0.25) is 0 Å². The maximum atomic E-state index is 9.42. The minimum Gasteiger partial charge on any atom is -0.537 e. The Kier molecular flexibility index (Phi) is 14.8. The quantitative estimate of drug-likeness (QED) is 0.0973. The highest BCUT2D eigenvalue weighted by molar-refractivity contribution is 14.1. The molecule has 4 heterocycles. The molecule has 104 heavy (non-hydrogen) atoms. The van der Waals surface area contributed by atoms with E-state index in [1.165, 1.54) is 65.7 Å². The van der Waals surface area contributed by atoms with E-state index in [0.717, 1.165) is 154 Å². The number of hydrogen-bond acceptors (Lipinski definition) is 6. The number of fused-ring (bicyclic) bond motifs is 18. The lowest BCUT2D eigenvalue weighted by atomic mass is 9.84. The summed E-state index contributed by atoms with van der Waals surface area (Å²) in [5.74, 6) is 0.665. The van der Waals surface area contributed by atoms with Crippen LogP contribution in [0.1, 0.15) is 0 Å². The first-order valence-electron chi connectivity index (χ1n) is 34.8. The van der Waals surface area contributed by atoms with Crippen LogP contribution in [0.15, 0.2) is 357 Å². The Hall–Kier alpha value is -12.7. The fourth-order valence-corrected chi connectivity index (χ4v) is 16.8. The molecule has 0 atom stereocenters. The first-order chi connectivity index (χ1) is 51.5. The number of halogens is 1. The molecule has 0 unspecified atom stereocenters. The summed E-state index contributed by atoms with van der Waals surface area (Å²) in [6.45, 7) is 0. The van der Waals surface area contributed by atoms with Gasteiger partial charge in [-0.2, -0.15) is 0 Å². The zero-order valence-electron chi connectivity index (χ0n) is 55.8. The van der Waals surface area contributed by atoms with Crippen molar-refractivity contribution in [1.29, 1.82) is 0 Å². The van der Waals surface area contributed by atoms with Crippen molar-refractivity contribution in [3.8, 4) is 61.4 Å². The van der Waals surface area contributed by atoms with Crippen LogP contribution in [0.3, 0.4) is 0 Å². The summed E-state index contributed by atoms with van der Waals surface area (Å²) in [7, 11) is 0.758. The highest BCUT2D eigenvalue weighted by Crippen LogP contribution is 2.52. The first kappa shape index (κ1) is 61.2. The minimum absolute atomic E-state index is 0.665. The number of furan rings is 4. The lowest BCUT2D eigenvalue weighted by molar-refractivity contribution is 0.459. The van der Waals surface area contributed by atoms with E-state index in [9.17, 15) is 5.02 Å². The van der Waals surface area contributed by atoms with Crippen molar-refractivity contribution in [2.75, 3.05) is 0 Å². The summed E-state index contributed by atoms with van der Waals surface area (Å²) in [4.78, 5) is 0. The molecule has 4 aromatic heterocycles. The average Bonchev–Trinajstić information content (AvgIpc) is 1.37. The van der Waals surface area contributed by atoms with Crippen LogP contribution < -0.4 is 4.65 Å². The lowest BCUT2D eigenvalue weighted by Gasteiger charge is -2.18. The van der Waals surface area contributed by atoms with E-state index in [0.29, 0.717) is 5.75 Å². The zero-order valence-corrected chi connectivity index (χ0v) is 57.9. The SMILES string of the molecule is Ic1c2oc3ccccc3c2cc2c1oc1ccccc12.O[B]Oc1c2ccccc2c(-c2cccc(-c3ccc4ccccc4c3)c2)c2ccccc12.c1cc(-c2ccc3ccccc3c2)cc(-c2c3ccccc3c(-c3c4oc5ccccc5c4cc4c3oc3ccccc34)c3ccccc23)c1. The maximum absolute atomic E-state index is 9.42. The molecule has 1 N–H and O–H groups in total. The van der Waals surface area contributed by atoms with Gasteiger partial charge in [0.1, 0.15) is 39.2 Å². The Morgan fingerprint density at radius 2 is 0.510 bits per heavy atom. The van der Waals surface area contributed by atoms with Crippen LogP contribution in [-0.2, 0) is 0 Å². The fraction of sp³-hybridized carbons (Fsp3) is 0. The van der Waals surface area contributed by atoms with Gasteiger partial charge in [0.15, 0.2) is 11.2 Å². The van der Waals surface area contributed by atoms with Crippen LogP contribution in [0.2, 0.25) is 0 Å². The molecule has 0 aliphatic rings. The monoisotopic (exact) mass is 1440 g/mol. The highest BCUT2D eigenvalue weighted by Gasteiger charge is 2.27. The molecule has 0 bridgehead atoms. The van der Waals surface area contributed by atoms with Gasteiger partial charge in [-0.3, -0.25) is 0 Å². The molecule has 0 aliphatic heterocycles. The molecular weight excluding hydrogens is 1390 g/mol. The minimum atomic E-state index is 0.665. The second kappa shape index (κ2) is 25.1. The van der Waals surface area contributed by atoms with Gasteiger partial charge in [-0.15, -0.1) is 0 Å². The molecule has 8 heteroatoms. The third-order valence-corrected chi connectivity index (χ3v) is 21.6. The van der Waals surface area contributed by atoms with Gasteiger partial charge in [-0.1, -0.05) is 279 Å². The van der Waals surface area contributed by atoms with Crippen LogP contribution in [-0.4, -0.2) is 12.7 Å². The summed E-state index contributed by atoms with van der Waals surface area (Å²) >= 11 is 2.32. The van der Waals surface area contributed by atoms with E-state index in [1.807, 2.05) is 84.9 Å². The Morgan fingerprint density at radius 1 is 0.221 bits per heavy atom. The van der Waals surface area contributed by atoms with Crippen molar-refractivity contribution in [2.24, 2.45) is 0 Å².